The fraction of sp³-hybridized carbons (Fsp3) is 1.00. The van der Waals surface area contributed by atoms with Crippen molar-refractivity contribution in [3.63, 3.8) is 0 Å². The normalized spacial score (nSPS) is 16.0. The van der Waals surface area contributed by atoms with Gasteiger partial charge in [-0.15, -0.1) is 0 Å². The van der Waals surface area contributed by atoms with Crippen LogP contribution in [0.15, 0.2) is 0 Å². The highest BCUT2D eigenvalue weighted by Gasteiger charge is 2.22. The second-order valence-corrected chi connectivity index (χ2v) is 3.77. The molecule has 0 amide bonds. The predicted octanol–water partition coefficient (Wildman–Crippen LogP) is 2.05. The van der Waals surface area contributed by atoms with Crippen molar-refractivity contribution < 1.29 is 4.74 Å². The molecule has 1 N–H and O–H groups in total. The predicted molar refractivity (Wildman–Crippen MR) is 53.4 cm³/mol. The van der Waals surface area contributed by atoms with Gasteiger partial charge in [0.15, 0.2) is 0 Å². The van der Waals surface area contributed by atoms with E-state index in [1.165, 1.54) is 12.8 Å². The highest BCUT2D eigenvalue weighted by molar-refractivity contribution is 4.75. The first-order valence-corrected chi connectivity index (χ1v) is 4.88. The number of methoxy groups -OCH3 is 1. The third kappa shape index (κ3) is 4.73. The molecule has 1 unspecified atom stereocenters. The second-order valence-electron chi connectivity index (χ2n) is 3.77. The number of hydrogen-bond donors (Lipinski definition) is 1. The molecule has 2 nitrogen and oxygen atoms in total. The van der Waals surface area contributed by atoms with Gasteiger partial charge in [-0.25, -0.2) is 0 Å². The molecule has 0 rings (SSSR count). The largest absolute Gasteiger partial charge is 0.384 e. The molecule has 0 fully saturated rings. The van der Waals surface area contributed by atoms with Crippen LogP contribution in [0.5, 0.6) is 0 Å². The molecule has 0 heterocycles. The molecule has 0 radical (unpaired) electrons. The van der Waals surface area contributed by atoms with Gasteiger partial charge in [-0.3, -0.25) is 0 Å². The Hall–Kier alpha value is -0.0800. The Morgan fingerprint density at radius 3 is 2.42 bits per heavy atom. The highest BCUT2D eigenvalue weighted by atomic mass is 16.5. The average Bonchev–Trinajstić information content (AvgIpc) is 2.02. The van der Waals surface area contributed by atoms with Gasteiger partial charge in [0, 0.05) is 19.1 Å². The summed E-state index contributed by atoms with van der Waals surface area (Å²) in [6.07, 6.45) is 2.46. The first kappa shape index (κ1) is 11.9. The van der Waals surface area contributed by atoms with Crippen LogP contribution in [0.3, 0.4) is 0 Å². The van der Waals surface area contributed by atoms with Crippen LogP contribution >= 0.6 is 0 Å². The lowest BCUT2D eigenvalue weighted by atomic mass is 9.86. The molecule has 12 heavy (non-hydrogen) atoms. The van der Waals surface area contributed by atoms with Crippen LogP contribution in [0.2, 0.25) is 0 Å². The summed E-state index contributed by atoms with van der Waals surface area (Å²) in [5.41, 5.74) is 0.319. The minimum absolute atomic E-state index is 0.319. The number of ether oxygens (including phenoxy) is 1. The summed E-state index contributed by atoms with van der Waals surface area (Å²) in [7, 11) is 1.78. The maximum absolute atomic E-state index is 5.22. The minimum atomic E-state index is 0.319. The first-order chi connectivity index (χ1) is 5.68. The van der Waals surface area contributed by atoms with Gasteiger partial charge in [-0.2, -0.15) is 0 Å². The van der Waals surface area contributed by atoms with Crippen molar-refractivity contribution >= 4 is 0 Å². The minimum Gasteiger partial charge on any atom is -0.384 e. The molecule has 0 spiro atoms. The molecule has 2 heteroatoms. The Balaban J connectivity index is 3.80. The molecule has 0 aromatic carbocycles. The van der Waals surface area contributed by atoms with Gasteiger partial charge < -0.3 is 10.1 Å². The van der Waals surface area contributed by atoms with E-state index < -0.39 is 0 Å². The molecule has 0 aliphatic rings. The highest BCUT2D eigenvalue weighted by Crippen LogP contribution is 2.22. The first-order valence-electron chi connectivity index (χ1n) is 4.88. The zero-order valence-corrected chi connectivity index (χ0v) is 8.94. The average molecular weight is 173 g/mol. The molecule has 1 atom stereocenters. The van der Waals surface area contributed by atoms with E-state index in [9.17, 15) is 0 Å². The van der Waals surface area contributed by atoms with Gasteiger partial charge in [0.2, 0.25) is 0 Å². The second kappa shape index (κ2) is 6.44. The van der Waals surface area contributed by atoms with Gasteiger partial charge in [0.05, 0.1) is 6.61 Å². The standard InChI is InChI=1S/C10H23NO/c1-5-7-10(3,9-12-4)8-11-6-2/h11H,5-9H2,1-4H3. The van der Waals surface area contributed by atoms with Crippen LogP contribution in [0.1, 0.15) is 33.6 Å². The lowest BCUT2D eigenvalue weighted by Gasteiger charge is -2.28. The summed E-state index contributed by atoms with van der Waals surface area (Å²) >= 11 is 0. The van der Waals surface area contributed by atoms with Crippen molar-refractivity contribution in [2.75, 3.05) is 26.8 Å². The third-order valence-electron chi connectivity index (χ3n) is 2.15. The van der Waals surface area contributed by atoms with Gasteiger partial charge in [0.25, 0.3) is 0 Å². The Morgan fingerprint density at radius 2 is 2.00 bits per heavy atom. The number of rotatable bonds is 7. The van der Waals surface area contributed by atoms with Crippen LogP contribution in [-0.4, -0.2) is 26.8 Å². The van der Waals surface area contributed by atoms with Gasteiger partial charge in [-0.05, 0) is 13.0 Å². The van der Waals surface area contributed by atoms with Gasteiger partial charge in [0.1, 0.15) is 0 Å². The third-order valence-corrected chi connectivity index (χ3v) is 2.15. The van der Waals surface area contributed by atoms with Crippen LogP contribution in [-0.2, 0) is 4.74 Å². The van der Waals surface area contributed by atoms with Crippen molar-refractivity contribution in [2.45, 2.75) is 33.6 Å². The molecule has 0 saturated carbocycles. The van der Waals surface area contributed by atoms with E-state index in [-0.39, 0.29) is 0 Å². The smallest absolute Gasteiger partial charge is 0.0528 e. The maximum Gasteiger partial charge on any atom is 0.0528 e. The zero-order valence-electron chi connectivity index (χ0n) is 8.94. The molecule has 0 aliphatic carbocycles. The fourth-order valence-electron chi connectivity index (χ4n) is 1.59. The molecule has 0 aliphatic heterocycles. The molecule has 0 saturated heterocycles. The molecule has 74 valence electrons. The van der Waals surface area contributed by atoms with E-state index in [2.05, 4.69) is 26.1 Å². The summed E-state index contributed by atoms with van der Waals surface area (Å²) in [4.78, 5) is 0. The zero-order chi connectivity index (χ0) is 9.45. The quantitative estimate of drug-likeness (QED) is 0.636. The van der Waals surface area contributed by atoms with Crippen LogP contribution in [0.4, 0.5) is 0 Å². The van der Waals surface area contributed by atoms with Crippen molar-refractivity contribution in [3.8, 4) is 0 Å². The fourth-order valence-corrected chi connectivity index (χ4v) is 1.59. The van der Waals surface area contributed by atoms with Crippen molar-refractivity contribution in [2.24, 2.45) is 5.41 Å². The van der Waals surface area contributed by atoms with E-state index in [1.54, 1.807) is 7.11 Å². The van der Waals surface area contributed by atoms with E-state index >= 15 is 0 Å². The van der Waals surface area contributed by atoms with E-state index in [1.807, 2.05) is 0 Å². The summed E-state index contributed by atoms with van der Waals surface area (Å²) in [5, 5.41) is 3.38. The van der Waals surface area contributed by atoms with Crippen LogP contribution < -0.4 is 5.32 Å². The lowest BCUT2D eigenvalue weighted by molar-refractivity contribution is 0.0844. The number of hydrogen-bond acceptors (Lipinski definition) is 2. The SMILES string of the molecule is CCCC(C)(CNCC)COC. The van der Waals surface area contributed by atoms with Crippen LogP contribution in [0, 0.1) is 5.41 Å². The topological polar surface area (TPSA) is 21.3 Å². The van der Waals surface area contributed by atoms with E-state index in [0.717, 1.165) is 19.7 Å². The van der Waals surface area contributed by atoms with Crippen molar-refractivity contribution in [3.05, 3.63) is 0 Å². The van der Waals surface area contributed by atoms with Crippen molar-refractivity contribution in [1.29, 1.82) is 0 Å². The summed E-state index contributed by atoms with van der Waals surface area (Å²) < 4.78 is 5.22. The van der Waals surface area contributed by atoms with Crippen LogP contribution in [0.25, 0.3) is 0 Å². The Labute approximate surface area is 76.7 Å². The molecule has 0 aromatic rings. The van der Waals surface area contributed by atoms with Gasteiger partial charge >= 0.3 is 0 Å². The van der Waals surface area contributed by atoms with E-state index in [0.29, 0.717) is 5.41 Å². The molecule has 0 aromatic heterocycles. The Kier molecular flexibility index (Phi) is 6.39. The number of nitrogens with one attached hydrogen (secondary N) is 1. The molecular formula is C10H23NO. The lowest BCUT2D eigenvalue weighted by Crippen LogP contribution is -2.35. The Bertz CT molecular complexity index is 98.0. The van der Waals surface area contributed by atoms with E-state index in [4.69, 9.17) is 4.74 Å². The summed E-state index contributed by atoms with van der Waals surface area (Å²) in [6, 6.07) is 0. The monoisotopic (exact) mass is 173 g/mol. The Morgan fingerprint density at radius 1 is 1.33 bits per heavy atom. The summed E-state index contributed by atoms with van der Waals surface area (Å²) in [5.74, 6) is 0. The maximum atomic E-state index is 5.22. The van der Waals surface area contributed by atoms with Gasteiger partial charge in [-0.1, -0.05) is 27.2 Å². The summed E-state index contributed by atoms with van der Waals surface area (Å²) in [6.45, 7) is 9.60. The molecule has 0 bridgehead atoms. The van der Waals surface area contributed by atoms with Crippen molar-refractivity contribution in [1.82, 2.24) is 5.32 Å². The molecular weight excluding hydrogens is 150 g/mol.